The lowest BCUT2D eigenvalue weighted by molar-refractivity contribution is -0.139. The summed E-state index contributed by atoms with van der Waals surface area (Å²) in [5.74, 6) is -0.336. The second kappa shape index (κ2) is 9.51. The minimum absolute atomic E-state index is 0.0199. The maximum atomic E-state index is 12.6. The van der Waals surface area contributed by atoms with Crippen molar-refractivity contribution >= 4 is 21.9 Å². The molecule has 30 heavy (non-hydrogen) atoms. The number of carbonyl (C=O) groups is 1. The molecule has 2 aromatic carbocycles. The molecular weight excluding hydrogens is 448 g/mol. The first kappa shape index (κ1) is 21.5. The average Bonchev–Trinajstić information content (AvgIpc) is 2.72. The summed E-state index contributed by atoms with van der Waals surface area (Å²) in [5.41, 5.74) is 8.05. The second-order valence-electron chi connectivity index (χ2n) is 6.61. The van der Waals surface area contributed by atoms with Crippen LogP contribution in [0.5, 0.6) is 5.75 Å². The molecule has 0 amide bonds. The number of carbonyl (C=O) groups excluding carboxylic acids is 1. The first-order chi connectivity index (χ1) is 14.4. The van der Waals surface area contributed by atoms with Crippen molar-refractivity contribution in [2.75, 3.05) is 6.61 Å². The minimum atomic E-state index is -0.697. The van der Waals surface area contributed by atoms with E-state index in [1.165, 1.54) is 0 Å². The molecule has 0 saturated heterocycles. The maximum Gasteiger partial charge on any atom is 0.338 e. The molecule has 2 aromatic rings. The molecule has 0 saturated carbocycles. The van der Waals surface area contributed by atoms with Gasteiger partial charge in [-0.15, -0.1) is 0 Å². The fraction of sp³-hybridized carbons (Fsp3) is 0.217. The summed E-state index contributed by atoms with van der Waals surface area (Å²) in [4.78, 5) is 12.6. The summed E-state index contributed by atoms with van der Waals surface area (Å²) < 4.78 is 17.5. The Morgan fingerprint density at radius 1 is 1.27 bits per heavy atom. The van der Waals surface area contributed by atoms with E-state index in [1.54, 1.807) is 19.9 Å². The van der Waals surface area contributed by atoms with Gasteiger partial charge in [0.25, 0.3) is 0 Å². The molecule has 1 atom stereocenters. The third-order valence-corrected chi connectivity index (χ3v) is 5.08. The number of hydrogen-bond donors (Lipinski definition) is 1. The molecule has 6 nitrogen and oxygen atoms in total. The second-order valence-corrected chi connectivity index (χ2v) is 7.52. The minimum Gasteiger partial charge on any atom is -0.489 e. The van der Waals surface area contributed by atoms with E-state index >= 15 is 0 Å². The number of nitrogens with two attached hydrogens (primary N) is 1. The van der Waals surface area contributed by atoms with Crippen LogP contribution in [0.1, 0.15) is 30.9 Å². The molecule has 0 fully saturated rings. The molecule has 1 aliphatic heterocycles. The van der Waals surface area contributed by atoms with E-state index in [0.717, 1.165) is 10.0 Å². The molecule has 154 valence electrons. The summed E-state index contributed by atoms with van der Waals surface area (Å²) in [7, 11) is 0. The molecule has 0 radical (unpaired) electrons. The highest BCUT2D eigenvalue weighted by molar-refractivity contribution is 9.10. The number of ether oxygens (including phenoxy) is 3. The molecule has 7 heteroatoms. The van der Waals surface area contributed by atoms with Crippen molar-refractivity contribution in [2.24, 2.45) is 5.73 Å². The van der Waals surface area contributed by atoms with Gasteiger partial charge in [-0.05, 0) is 49.2 Å². The molecule has 1 heterocycles. The van der Waals surface area contributed by atoms with Gasteiger partial charge in [0, 0.05) is 4.47 Å². The third-order valence-electron chi connectivity index (χ3n) is 4.59. The van der Waals surface area contributed by atoms with Crippen LogP contribution >= 0.6 is 15.9 Å². The molecule has 0 spiro atoms. The highest BCUT2D eigenvalue weighted by Gasteiger charge is 2.36. The van der Waals surface area contributed by atoms with E-state index in [9.17, 15) is 10.1 Å². The van der Waals surface area contributed by atoms with Crippen molar-refractivity contribution in [1.29, 1.82) is 5.26 Å². The highest BCUT2D eigenvalue weighted by atomic mass is 79.9. The van der Waals surface area contributed by atoms with Gasteiger partial charge in [0.05, 0.1) is 18.1 Å². The zero-order chi connectivity index (χ0) is 21.7. The van der Waals surface area contributed by atoms with E-state index in [0.29, 0.717) is 23.7 Å². The molecule has 0 aliphatic carbocycles. The van der Waals surface area contributed by atoms with Gasteiger partial charge in [-0.2, -0.15) is 5.26 Å². The number of rotatable bonds is 6. The standard InChI is InChI=1S/C23H21BrN2O4/c1-3-28-23(27)20-14(2)30-22(26)19(12-25)21(20)16-7-5-9-18(11-16)29-13-15-6-4-8-17(24)10-15/h4-11,21H,3,13,26H2,1-2H3. The van der Waals surface area contributed by atoms with Crippen LogP contribution in [-0.2, 0) is 20.9 Å². The van der Waals surface area contributed by atoms with E-state index in [1.807, 2.05) is 42.5 Å². The maximum absolute atomic E-state index is 12.6. The molecular formula is C23H21BrN2O4. The van der Waals surface area contributed by atoms with Gasteiger partial charge in [0.1, 0.15) is 29.8 Å². The van der Waals surface area contributed by atoms with E-state index < -0.39 is 11.9 Å². The SMILES string of the molecule is CCOC(=O)C1=C(C)OC(N)=C(C#N)C1c1cccc(OCc2cccc(Br)c2)c1. The van der Waals surface area contributed by atoms with Gasteiger partial charge < -0.3 is 19.9 Å². The Hall–Kier alpha value is -3.24. The quantitative estimate of drug-likeness (QED) is 0.618. The third kappa shape index (κ3) is 4.66. The topological polar surface area (TPSA) is 94.6 Å². The molecule has 1 aliphatic rings. The van der Waals surface area contributed by atoms with Gasteiger partial charge in [-0.1, -0.05) is 40.2 Å². The van der Waals surface area contributed by atoms with Crippen molar-refractivity contribution in [3.05, 3.63) is 86.9 Å². The fourth-order valence-corrected chi connectivity index (χ4v) is 3.71. The van der Waals surface area contributed by atoms with Crippen molar-refractivity contribution < 1.29 is 19.0 Å². The number of allylic oxidation sites excluding steroid dienone is 2. The first-order valence-electron chi connectivity index (χ1n) is 9.37. The van der Waals surface area contributed by atoms with E-state index in [-0.39, 0.29) is 23.6 Å². The summed E-state index contributed by atoms with van der Waals surface area (Å²) in [6, 6.07) is 17.1. The highest BCUT2D eigenvalue weighted by Crippen LogP contribution is 2.40. The summed E-state index contributed by atoms with van der Waals surface area (Å²) >= 11 is 3.45. The first-order valence-corrected chi connectivity index (χ1v) is 10.2. The van der Waals surface area contributed by atoms with E-state index in [2.05, 4.69) is 22.0 Å². The Labute approximate surface area is 183 Å². The molecule has 1 unspecified atom stereocenters. The Bertz CT molecular complexity index is 1070. The zero-order valence-electron chi connectivity index (χ0n) is 16.6. The predicted molar refractivity (Wildman–Crippen MR) is 115 cm³/mol. The Morgan fingerprint density at radius 2 is 2.03 bits per heavy atom. The summed E-state index contributed by atoms with van der Waals surface area (Å²) in [5, 5.41) is 9.68. The van der Waals surface area contributed by atoms with Gasteiger partial charge in [0.15, 0.2) is 0 Å². The fourth-order valence-electron chi connectivity index (χ4n) is 3.27. The van der Waals surface area contributed by atoms with Crippen molar-refractivity contribution in [3.63, 3.8) is 0 Å². The summed E-state index contributed by atoms with van der Waals surface area (Å²) in [6.45, 7) is 3.94. The van der Waals surface area contributed by atoms with Crippen LogP contribution in [0.25, 0.3) is 0 Å². The number of esters is 1. The summed E-state index contributed by atoms with van der Waals surface area (Å²) in [6.07, 6.45) is 0. The Kier molecular flexibility index (Phi) is 6.80. The number of nitrogens with zero attached hydrogens (tertiary/aromatic N) is 1. The lowest BCUT2D eigenvalue weighted by Crippen LogP contribution is -2.25. The van der Waals surface area contributed by atoms with Gasteiger partial charge in [-0.3, -0.25) is 0 Å². The zero-order valence-corrected chi connectivity index (χ0v) is 18.2. The molecule has 0 bridgehead atoms. The molecule has 0 aromatic heterocycles. The van der Waals surface area contributed by atoms with Crippen LogP contribution in [0.3, 0.4) is 0 Å². The van der Waals surface area contributed by atoms with Crippen molar-refractivity contribution in [2.45, 2.75) is 26.4 Å². The number of hydrogen-bond acceptors (Lipinski definition) is 6. The van der Waals surface area contributed by atoms with Crippen LogP contribution in [0.4, 0.5) is 0 Å². The average molecular weight is 469 g/mol. The largest absolute Gasteiger partial charge is 0.489 e. The lowest BCUT2D eigenvalue weighted by Gasteiger charge is -2.27. The predicted octanol–water partition coefficient (Wildman–Crippen LogP) is 4.67. The van der Waals surface area contributed by atoms with Gasteiger partial charge in [-0.25, -0.2) is 4.79 Å². The molecule has 3 rings (SSSR count). The van der Waals surface area contributed by atoms with Crippen LogP contribution in [-0.4, -0.2) is 12.6 Å². The monoisotopic (exact) mass is 468 g/mol. The van der Waals surface area contributed by atoms with Crippen LogP contribution < -0.4 is 10.5 Å². The Balaban J connectivity index is 1.94. The smallest absolute Gasteiger partial charge is 0.338 e. The number of halogens is 1. The van der Waals surface area contributed by atoms with Crippen molar-refractivity contribution in [3.8, 4) is 11.8 Å². The molecule has 2 N–H and O–H groups in total. The van der Waals surface area contributed by atoms with Crippen molar-refractivity contribution in [1.82, 2.24) is 0 Å². The Morgan fingerprint density at radius 3 is 2.73 bits per heavy atom. The lowest BCUT2D eigenvalue weighted by atomic mass is 9.83. The van der Waals surface area contributed by atoms with Gasteiger partial charge in [0.2, 0.25) is 5.88 Å². The van der Waals surface area contributed by atoms with Gasteiger partial charge >= 0.3 is 5.97 Å². The van der Waals surface area contributed by atoms with Crippen LogP contribution in [0, 0.1) is 11.3 Å². The van der Waals surface area contributed by atoms with Crippen LogP contribution in [0.2, 0.25) is 0 Å². The van der Waals surface area contributed by atoms with E-state index in [4.69, 9.17) is 19.9 Å². The number of benzene rings is 2. The van der Waals surface area contributed by atoms with Crippen LogP contribution in [0.15, 0.2) is 75.8 Å². The number of nitriles is 1. The normalized spacial score (nSPS) is 16.0.